The van der Waals surface area contributed by atoms with Gasteiger partial charge >= 0.3 is 12.5 Å². The lowest BCUT2D eigenvalue weighted by Crippen LogP contribution is -2.66. The van der Waals surface area contributed by atoms with E-state index in [1.54, 1.807) is 74.2 Å². The lowest BCUT2D eigenvalue weighted by molar-refractivity contribution is -0.274. The number of aliphatic hydroxyl groups is 1. The highest BCUT2D eigenvalue weighted by atomic mass is 32.2. The van der Waals surface area contributed by atoms with Crippen LogP contribution in [0.4, 0.5) is 29.3 Å². The Morgan fingerprint density at radius 2 is 1.49 bits per heavy atom. The van der Waals surface area contributed by atoms with Crippen LogP contribution in [0.25, 0.3) is 0 Å². The van der Waals surface area contributed by atoms with E-state index in [1.807, 2.05) is 0 Å². The molecular weight excluding hydrogens is 591 g/mol. The summed E-state index contributed by atoms with van der Waals surface area (Å²) in [4.78, 5) is 16.0. The van der Waals surface area contributed by atoms with E-state index in [9.17, 15) is 31.5 Å². The van der Waals surface area contributed by atoms with Crippen LogP contribution in [-0.2, 0) is 14.8 Å². The Labute approximate surface area is 246 Å². The van der Waals surface area contributed by atoms with Crippen molar-refractivity contribution in [1.29, 1.82) is 0 Å². The Morgan fingerprint density at radius 3 is 2.02 bits per heavy atom. The molecule has 14 heteroatoms. The van der Waals surface area contributed by atoms with Gasteiger partial charge in [0.05, 0.1) is 34.5 Å². The van der Waals surface area contributed by atoms with Gasteiger partial charge in [-0.15, -0.1) is 13.2 Å². The smallest absolute Gasteiger partial charge is 0.453 e. The minimum absolute atomic E-state index is 0.0273. The molecular formula is C29H30F3N3O7S. The molecule has 2 heterocycles. The predicted molar refractivity (Wildman–Crippen MR) is 150 cm³/mol. The van der Waals surface area contributed by atoms with Gasteiger partial charge in [0.1, 0.15) is 11.4 Å². The number of piperidine rings is 1. The van der Waals surface area contributed by atoms with E-state index >= 15 is 0 Å². The first kappa shape index (κ1) is 30.4. The fourth-order valence-corrected chi connectivity index (χ4v) is 6.26. The number of hydrogen-bond acceptors (Lipinski definition) is 8. The van der Waals surface area contributed by atoms with Crippen molar-refractivity contribution in [2.75, 3.05) is 18.0 Å². The molecule has 5 rings (SSSR count). The number of fused-ring (bicyclic) bond motifs is 2. The Kier molecular flexibility index (Phi) is 7.96. The van der Waals surface area contributed by atoms with E-state index in [0.29, 0.717) is 22.9 Å². The minimum atomic E-state index is -4.94. The highest BCUT2D eigenvalue weighted by Crippen LogP contribution is 2.48. The fourth-order valence-electron chi connectivity index (χ4n) is 5.02. The van der Waals surface area contributed by atoms with Gasteiger partial charge in [0.15, 0.2) is 11.5 Å². The molecule has 0 aromatic heterocycles. The Bertz CT molecular complexity index is 1550. The molecule has 1 unspecified atom stereocenters. The summed E-state index contributed by atoms with van der Waals surface area (Å²) in [6.45, 7) is 4.82. The summed E-state index contributed by atoms with van der Waals surface area (Å²) < 4.78 is 82.4. The van der Waals surface area contributed by atoms with Crippen LogP contribution in [0, 0.1) is 0 Å². The first-order valence-corrected chi connectivity index (χ1v) is 14.8. The predicted octanol–water partition coefficient (Wildman–Crippen LogP) is 5.16. The number of para-hydroxylation sites is 4. The van der Waals surface area contributed by atoms with Gasteiger partial charge in [-0.2, -0.15) is 0 Å². The molecule has 0 saturated carbocycles. The highest BCUT2D eigenvalue weighted by molar-refractivity contribution is 7.89. The third-order valence-electron chi connectivity index (χ3n) is 6.76. The van der Waals surface area contributed by atoms with Gasteiger partial charge < -0.3 is 29.1 Å². The number of carbonyl (C=O) groups excluding carboxylic acids is 1. The number of carbonyl (C=O) groups is 1. The zero-order valence-electron chi connectivity index (χ0n) is 23.4. The molecule has 43 heavy (non-hydrogen) atoms. The van der Waals surface area contributed by atoms with Gasteiger partial charge in [-0.05, 0) is 69.3 Å². The number of nitrogens with one attached hydrogen (secondary N) is 1. The number of likely N-dealkylation sites (tertiary alicyclic amines) is 1. The quantitative estimate of drug-likeness (QED) is 0.402. The highest BCUT2D eigenvalue weighted by Gasteiger charge is 2.45. The SMILES string of the molecule is CC(C)(C)OC(=O)N1CC(N2c3ccccc3Oc3ccccc32)[C@@H](O)[C@H](NS(=O)(=O)c2ccc(OC(F)(F)F)cc2)C1. The fraction of sp³-hybridized carbons (Fsp3) is 0.345. The van der Waals surface area contributed by atoms with E-state index in [0.717, 1.165) is 24.3 Å². The third kappa shape index (κ3) is 6.81. The molecule has 1 saturated heterocycles. The summed E-state index contributed by atoms with van der Waals surface area (Å²) in [6.07, 6.45) is -7.01. The summed E-state index contributed by atoms with van der Waals surface area (Å²) in [5.41, 5.74) is 0.340. The Balaban J connectivity index is 1.50. The molecule has 10 nitrogen and oxygen atoms in total. The maximum absolute atomic E-state index is 13.4. The summed E-state index contributed by atoms with van der Waals surface area (Å²) in [5, 5.41) is 11.7. The zero-order valence-corrected chi connectivity index (χ0v) is 24.2. The number of sulfonamides is 1. The van der Waals surface area contributed by atoms with Crippen LogP contribution < -0.4 is 19.1 Å². The van der Waals surface area contributed by atoms with Gasteiger partial charge in [0.25, 0.3) is 0 Å². The summed E-state index contributed by atoms with van der Waals surface area (Å²) >= 11 is 0. The largest absolute Gasteiger partial charge is 0.573 e. The van der Waals surface area contributed by atoms with Gasteiger partial charge in [-0.1, -0.05) is 24.3 Å². The van der Waals surface area contributed by atoms with E-state index < -0.39 is 52.0 Å². The van der Waals surface area contributed by atoms with E-state index in [1.165, 1.54) is 4.90 Å². The van der Waals surface area contributed by atoms with E-state index in [2.05, 4.69) is 9.46 Å². The number of halogens is 3. The van der Waals surface area contributed by atoms with Crippen LogP contribution in [-0.4, -0.2) is 67.8 Å². The maximum atomic E-state index is 13.4. The molecule has 0 aliphatic carbocycles. The number of nitrogens with zero attached hydrogens (tertiary/aromatic N) is 2. The van der Waals surface area contributed by atoms with Gasteiger partial charge in [0.2, 0.25) is 10.0 Å². The summed E-state index contributed by atoms with van der Waals surface area (Å²) in [6, 6.07) is 15.8. The normalized spacial score (nSPS) is 20.5. The van der Waals surface area contributed by atoms with Gasteiger partial charge in [-0.3, -0.25) is 0 Å². The van der Waals surface area contributed by atoms with E-state index in [4.69, 9.17) is 9.47 Å². The van der Waals surface area contributed by atoms with Crippen molar-refractivity contribution < 1.29 is 45.7 Å². The number of ether oxygens (including phenoxy) is 3. The van der Waals surface area contributed by atoms with Crippen molar-refractivity contribution in [3.63, 3.8) is 0 Å². The van der Waals surface area contributed by atoms with Crippen molar-refractivity contribution in [1.82, 2.24) is 9.62 Å². The molecule has 2 N–H and O–H groups in total. The van der Waals surface area contributed by atoms with Crippen molar-refractivity contribution in [2.45, 2.75) is 55.8 Å². The molecule has 0 radical (unpaired) electrons. The first-order chi connectivity index (χ1) is 20.1. The molecule has 2 aliphatic rings. The Hall–Kier alpha value is -4.01. The Morgan fingerprint density at radius 1 is 0.930 bits per heavy atom. The van der Waals surface area contributed by atoms with Crippen LogP contribution in [0.2, 0.25) is 0 Å². The second-order valence-corrected chi connectivity index (χ2v) is 12.8. The van der Waals surface area contributed by atoms with E-state index in [-0.39, 0.29) is 18.0 Å². The average molecular weight is 622 g/mol. The van der Waals surface area contributed by atoms with Crippen LogP contribution >= 0.6 is 0 Å². The first-order valence-electron chi connectivity index (χ1n) is 13.3. The zero-order chi connectivity index (χ0) is 31.2. The van der Waals surface area contributed by atoms with Crippen molar-refractivity contribution in [3.05, 3.63) is 72.8 Å². The number of anilines is 2. The molecule has 3 atom stereocenters. The second kappa shape index (κ2) is 11.2. The molecule has 230 valence electrons. The van der Waals surface area contributed by atoms with Crippen molar-refractivity contribution in [2.24, 2.45) is 0 Å². The topological polar surface area (TPSA) is 118 Å². The van der Waals surface area contributed by atoms with Crippen LogP contribution in [0.5, 0.6) is 17.2 Å². The molecule has 3 aromatic carbocycles. The molecule has 1 fully saturated rings. The number of benzene rings is 3. The van der Waals surface area contributed by atoms with Crippen LogP contribution in [0.3, 0.4) is 0 Å². The van der Waals surface area contributed by atoms with Crippen LogP contribution in [0.15, 0.2) is 77.7 Å². The van der Waals surface area contributed by atoms with Crippen LogP contribution in [0.1, 0.15) is 20.8 Å². The van der Waals surface area contributed by atoms with Gasteiger partial charge in [-0.25, -0.2) is 17.9 Å². The number of hydrogen-bond donors (Lipinski definition) is 2. The molecule has 3 aromatic rings. The molecule has 2 aliphatic heterocycles. The lowest BCUT2D eigenvalue weighted by atomic mass is 9.94. The standard InChI is InChI=1S/C29H30F3N3O7S/c1-28(2,3)42-27(37)34-16-20(33-43(38,39)19-14-12-18(13-15-19)41-29(30,31)32)26(36)23(17-34)35-21-8-4-6-10-24(21)40-25-11-7-5-9-22(25)35/h4-15,20,23,26,33,36H,16-17H2,1-3H3/t20-,23?,26+/m1/s1. The summed E-state index contributed by atoms with van der Waals surface area (Å²) in [7, 11) is -4.38. The third-order valence-corrected chi connectivity index (χ3v) is 8.26. The second-order valence-electron chi connectivity index (χ2n) is 11.1. The average Bonchev–Trinajstić information content (AvgIpc) is 2.91. The summed E-state index contributed by atoms with van der Waals surface area (Å²) in [5.74, 6) is 0.409. The number of amides is 1. The molecule has 0 bridgehead atoms. The number of alkyl halides is 3. The number of rotatable bonds is 5. The lowest BCUT2D eigenvalue weighted by Gasteiger charge is -2.48. The van der Waals surface area contributed by atoms with Crippen molar-refractivity contribution >= 4 is 27.5 Å². The van der Waals surface area contributed by atoms with Crippen molar-refractivity contribution in [3.8, 4) is 17.2 Å². The maximum Gasteiger partial charge on any atom is 0.573 e. The molecule has 0 spiro atoms. The van der Waals surface area contributed by atoms with Gasteiger partial charge in [0, 0.05) is 13.1 Å². The monoisotopic (exact) mass is 621 g/mol. The number of aliphatic hydroxyl groups excluding tert-OH is 1. The minimum Gasteiger partial charge on any atom is -0.453 e. The molecule has 1 amide bonds.